The molecule has 2 aromatic rings. The summed E-state index contributed by atoms with van der Waals surface area (Å²) in [5.41, 5.74) is 2.14. The van der Waals surface area contributed by atoms with Crippen LogP contribution < -0.4 is 10.6 Å². The van der Waals surface area contributed by atoms with Gasteiger partial charge in [-0.2, -0.15) is 5.10 Å². The van der Waals surface area contributed by atoms with Crippen LogP contribution in [0.4, 0.5) is 0 Å². The van der Waals surface area contributed by atoms with Crippen molar-refractivity contribution >= 4 is 17.5 Å². The van der Waals surface area contributed by atoms with Gasteiger partial charge in [0.1, 0.15) is 6.04 Å². The number of amides is 1. The summed E-state index contributed by atoms with van der Waals surface area (Å²) in [6.45, 7) is 0.645. The predicted molar refractivity (Wildman–Crippen MR) is 99.6 cm³/mol. The van der Waals surface area contributed by atoms with E-state index in [1.807, 2.05) is 25.4 Å². The molecule has 1 atom stereocenters. The lowest BCUT2D eigenvalue weighted by Gasteiger charge is -2.31. The Bertz CT molecular complexity index is 719. The van der Waals surface area contributed by atoms with Gasteiger partial charge >= 0.3 is 0 Å². The molecular weight excluding hydrogens is 336 g/mol. The van der Waals surface area contributed by atoms with Crippen LogP contribution in [0.25, 0.3) is 0 Å². The van der Waals surface area contributed by atoms with Crippen LogP contribution in [-0.2, 0) is 17.3 Å². The minimum atomic E-state index is -0.391. The highest BCUT2D eigenvalue weighted by molar-refractivity contribution is 6.30. The molecule has 1 fully saturated rings. The quantitative estimate of drug-likeness (QED) is 0.832. The molecule has 1 aromatic heterocycles. The Hall–Kier alpha value is -1.85. The second-order valence-corrected chi connectivity index (χ2v) is 7.32. The first-order valence-corrected chi connectivity index (χ1v) is 9.11. The number of halogens is 1. The SMILES string of the molecule is CNC(C(=O)NCC1(c2ccc(Cl)cc2)CCCC1)c1cnn(C)c1. The van der Waals surface area contributed by atoms with Crippen molar-refractivity contribution in [3.05, 3.63) is 52.8 Å². The van der Waals surface area contributed by atoms with Crippen molar-refractivity contribution in [1.82, 2.24) is 20.4 Å². The molecule has 1 saturated carbocycles. The fourth-order valence-electron chi connectivity index (χ4n) is 3.82. The fourth-order valence-corrected chi connectivity index (χ4v) is 3.95. The van der Waals surface area contributed by atoms with Crippen molar-refractivity contribution < 1.29 is 4.79 Å². The molecule has 1 heterocycles. The monoisotopic (exact) mass is 360 g/mol. The Morgan fingerprint density at radius 3 is 2.56 bits per heavy atom. The third-order valence-electron chi connectivity index (χ3n) is 5.23. The lowest BCUT2D eigenvalue weighted by Crippen LogP contribution is -2.43. The predicted octanol–water partition coefficient (Wildman–Crippen LogP) is 2.96. The molecule has 3 rings (SSSR count). The van der Waals surface area contributed by atoms with Gasteiger partial charge in [-0.3, -0.25) is 9.48 Å². The number of benzene rings is 1. The minimum absolute atomic E-state index is 0.00742. The molecule has 0 saturated heterocycles. The molecule has 6 heteroatoms. The van der Waals surface area contributed by atoms with Crippen molar-refractivity contribution in [3.63, 3.8) is 0 Å². The maximum absolute atomic E-state index is 12.7. The Labute approximate surface area is 153 Å². The largest absolute Gasteiger partial charge is 0.354 e. The first kappa shape index (κ1) is 18.0. The second kappa shape index (κ2) is 7.58. The van der Waals surface area contributed by atoms with Crippen molar-refractivity contribution in [2.45, 2.75) is 37.1 Å². The van der Waals surface area contributed by atoms with Crippen LogP contribution in [0, 0.1) is 0 Å². The Balaban J connectivity index is 1.73. The lowest BCUT2D eigenvalue weighted by molar-refractivity contribution is -0.123. The summed E-state index contributed by atoms with van der Waals surface area (Å²) in [5.74, 6) is -0.0178. The van der Waals surface area contributed by atoms with Gasteiger partial charge in [-0.15, -0.1) is 0 Å². The molecule has 134 valence electrons. The van der Waals surface area contributed by atoms with Gasteiger partial charge in [-0.1, -0.05) is 36.6 Å². The molecule has 25 heavy (non-hydrogen) atoms. The van der Waals surface area contributed by atoms with E-state index >= 15 is 0 Å². The Kier molecular flexibility index (Phi) is 5.45. The van der Waals surface area contributed by atoms with Gasteiger partial charge in [0.05, 0.1) is 6.20 Å². The summed E-state index contributed by atoms with van der Waals surface area (Å²) in [5, 5.41) is 11.2. The molecule has 1 amide bonds. The van der Waals surface area contributed by atoms with E-state index in [-0.39, 0.29) is 11.3 Å². The summed E-state index contributed by atoms with van der Waals surface area (Å²) in [6, 6.07) is 7.67. The highest BCUT2D eigenvalue weighted by atomic mass is 35.5. The van der Waals surface area contributed by atoms with Crippen LogP contribution in [0.2, 0.25) is 5.02 Å². The number of rotatable bonds is 6. The van der Waals surface area contributed by atoms with E-state index in [1.165, 1.54) is 18.4 Å². The number of nitrogens with zero attached hydrogens (tertiary/aromatic N) is 2. The maximum Gasteiger partial charge on any atom is 0.241 e. The summed E-state index contributed by atoms with van der Waals surface area (Å²) >= 11 is 6.04. The topological polar surface area (TPSA) is 59.0 Å². The van der Waals surface area contributed by atoms with Gasteiger partial charge in [-0.05, 0) is 37.6 Å². The maximum atomic E-state index is 12.7. The standard InChI is InChI=1S/C19H25ClN4O/c1-21-17(14-11-23-24(2)12-14)18(25)22-13-19(9-3-4-10-19)15-5-7-16(20)8-6-15/h5-8,11-12,17,21H,3-4,9-10,13H2,1-2H3,(H,22,25). The molecule has 0 radical (unpaired) electrons. The highest BCUT2D eigenvalue weighted by Crippen LogP contribution is 2.41. The first-order chi connectivity index (χ1) is 12.0. The number of hydrogen-bond acceptors (Lipinski definition) is 3. The zero-order valence-corrected chi connectivity index (χ0v) is 15.5. The Morgan fingerprint density at radius 1 is 1.32 bits per heavy atom. The summed E-state index contributed by atoms with van der Waals surface area (Å²) in [6.07, 6.45) is 8.15. The third kappa shape index (κ3) is 3.88. The number of hydrogen-bond donors (Lipinski definition) is 2. The van der Waals surface area contributed by atoms with Crippen LogP contribution in [-0.4, -0.2) is 29.3 Å². The number of likely N-dealkylation sites (N-methyl/N-ethyl adjacent to an activating group) is 1. The normalized spacial score (nSPS) is 17.4. The van der Waals surface area contributed by atoms with E-state index in [2.05, 4.69) is 27.9 Å². The highest BCUT2D eigenvalue weighted by Gasteiger charge is 2.36. The van der Waals surface area contributed by atoms with Crippen LogP contribution in [0.15, 0.2) is 36.7 Å². The number of aryl methyl sites for hydroxylation is 1. The molecule has 0 aliphatic heterocycles. The molecule has 1 unspecified atom stereocenters. The van der Waals surface area contributed by atoms with Crippen LogP contribution in [0.1, 0.15) is 42.9 Å². The summed E-state index contributed by atoms with van der Waals surface area (Å²) in [7, 11) is 3.64. The van der Waals surface area contributed by atoms with Gasteiger partial charge in [0.25, 0.3) is 0 Å². The van der Waals surface area contributed by atoms with E-state index < -0.39 is 6.04 Å². The zero-order chi connectivity index (χ0) is 17.9. The number of carbonyl (C=O) groups excluding carboxylic acids is 1. The van der Waals surface area contributed by atoms with Crippen LogP contribution in [0.3, 0.4) is 0 Å². The van der Waals surface area contributed by atoms with E-state index in [9.17, 15) is 4.79 Å². The third-order valence-corrected chi connectivity index (χ3v) is 5.48. The Morgan fingerprint density at radius 2 is 2.00 bits per heavy atom. The van der Waals surface area contributed by atoms with Gasteiger partial charge in [0.2, 0.25) is 5.91 Å². The zero-order valence-electron chi connectivity index (χ0n) is 14.8. The molecular formula is C19H25ClN4O. The fraction of sp³-hybridized carbons (Fsp3) is 0.474. The van der Waals surface area contributed by atoms with E-state index in [0.29, 0.717) is 6.54 Å². The van der Waals surface area contributed by atoms with E-state index in [4.69, 9.17) is 11.6 Å². The second-order valence-electron chi connectivity index (χ2n) is 6.88. The van der Waals surface area contributed by atoms with E-state index in [1.54, 1.807) is 17.9 Å². The average Bonchev–Trinajstić information content (AvgIpc) is 3.25. The van der Waals surface area contributed by atoms with Gasteiger partial charge in [0.15, 0.2) is 0 Å². The van der Waals surface area contributed by atoms with Crippen molar-refractivity contribution in [1.29, 1.82) is 0 Å². The molecule has 0 bridgehead atoms. The van der Waals surface area contributed by atoms with Crippen LogP contribution in [0.5, 0.6) is 0 Å². The molecule has 5 nitrogen and oxygen atoms in total. The smallest absolute Gasteiger partial charge is 0.241 e. The molecule has 2 N–H and O–H groups in total. The summed E-state index contributed by atoms with van der Waals surface area (Å²) in [4.78, 5) is 12.7. The average molecular weight is 361 g/mol. The first-order valence-electron chi connectivity index (χ1n) is 8.74. The lowest BCUT2D eigenvalue weighted by atomic mass is 9.78. The van der Waals surface area contributed by atoms with Gasteiger partial charge < -0.3 is 10.6 Å². The van der Waals surface area contributed by atoms with Crippen LogP contribution >= 0.6 is 11.6 Å². The van der Waals surface area contributed by atoms with Crippen molar-refractivity contribution in [2.24, 2.45) is 7.05 Å². The number of carbonyl (C=O) groups is 1. The molecule has 1 aliphatic carbocycles. The number of aromatic nitrogens is 2. The van der Waals surface area contributed by atoms with E-state index in [0.717, 1.165) is 23.4 Å². The van der Waals surface area contributed by atoms with Crippen molar-refractivity contribution in [2.75, 3.05) is 13.6 Å². The number of nitrogens with one attached hydrogen (secondary N) is 2. The van der Waals surface area contributed by atoms with Crippen molar-refractivity contribution in [3.8, 4) is 0 Å². The van der Waals surface area contributed by atoms with Gasteiger partial charge in [-0.25, -0.2) is 0 Å². The molecule has 0 spiro atoms. The summed E-state index contributed by atoms with van der Waals surface area (Å²) < 4.78 is 1.71. The molecule has 1 aliphatic rings. The minimum Gasteiger partial charge on any atom is -0.354 e. The van der Waals surface area contributed by atoms with Gasteiger partial charge in [0, 0.05) is 35.8 Å². The molecule has 1 aromatic carbocycles.